The summed E-state index contributed by atoms with van der Waals surface area (Å²) in [5, 5.41) is 0.196. The first-order valence-corrected chi connectivity index (χ1v) is 6.44. The summed E-state index contributed by atoms with van der Waals surface area (Å²) in [6, 6.07) is 0. The Morgan fingerprint density at radius 3 is 2.21 bits per heavy atom. The summed E-state index contributed by atoms with van der Waals surface area (Å²) in [4.78, 5) is 21.5. The molecule has 14 heavy (non-hydrogen) atoms. The molecule has 7 heteroatoms. The van der Waals surface area contributed by atoms with Crippen molar-refractivity contribution in [2.24, 2.45) is 0 Å². The SMILES string of the molecule is O=C(CBr)OC[C@H](CCl)OC(=O)CBr. The van der Waals surface area contributed by atoms with Gasteiger partial charge in [-0.25, -0.2) is 0 Å². The minimum Gasteiger partial charge on any atom is -0.461 e. The summed E-state index contributed by atoms with van der Waals surface area (Å²) in [5.74, 6) is -0.769. The van der Waals surface area contributed by atoms with Crippen LogP contribution in [0.2, 0.25) is 0 Å². The van der Waals surface area contributed by atoms with Crippen molar-refractivity contribution < 1.29 is 19.1 Å². The first kappa shape index (κ1) is 14.2. The minimum atomic E-state index is -0.593. The van der Waals surface area contributed by atoms with Crippen molar-refractivity contribution in [1.82, 2.24) is 0 Å². The molecule has 0 aromatic rings. The van der Waals surface area contributed by atoms with E-state index in [2.05, 4.69) is 31.9 Å². The van der Waals surface area contributed by atoms with Crippen molar-refractivity contribution in [1.29, 1.82) is 0 Å². The zero-order valence-electron chi connectivity index (χ0n) is 7.17. The van der Waals surface area contributed by atoms with Gasteiger partial charge in [0.05, 0.1) is 5.88 Å². The lowest BCUT2D eigenvalue weighted by Gasteiger charge is -2.14. The molecule has 0 rings (SSSR count). The number of rotatable bonds is 6. The highest BCUT2D eigenvalue weighted by atomic mass is 79.9. The van der Waals surface area contributed by atoms with E-state index in [1.54, 1.807) is 0 Å². The van der Waals surface area contributed by atoms with Crippen LogP contribution in [0.4, 0.5) is 0 Å². The quantitative estimate of drug-likeness (QED) is 0.537. The monoisotopic (exact) mass is 350 g/mol. The van der Waals surface area contributed by atoms with E-state index < -0.39 is 18.0 Å². The lowest BCUT2D eigenvalue weighted by Crippen LogP contribution is -2.27. The molecule has 0 bridgehead atoms. The summed E-state index contributed by atoms with van der Waals surface area (Å²) in [6.07, 6.45) is -0.593. The summed E-state index contributed by atoms with van der Waals surface area (Å²) in [7, 11) is 0. The molecular weight excluding hydrogens is 343 g/mol. The van der Waals surface area contributed by atoms with Crippen molar-refractivity contribution in [3.8, 4) is 0 Å². The van der Waals surface area contributed by atoms with Gasteiger partial charge in [-0.15, -0.1) is 11.6 Å². The largest absolute Gasteiger partial charge is 0.461 e. The Balaban J connectivity index is 3.79. The molecule has 0 heterocycles. The molecular formula is C7H9Br2ClO4. The third-order valence-electron chi connectivity index (χ3n) is 1.12. The smallest absolute Gasteiger partial charge is 0.316 e. The molecule has 0 aliphatic rings. The number of hydrogen-bond donors (Lipinski definition) is 0. The first-order chi connectivity index (χ1) is 6.63. The van der Waals surface area contributed by atoms with Crippen LogP contribution in [0.3, 0.4) is 0 Å². The van der Waals surface area contributed by atoms with Gasteiger partial charge in [-0.1, -0.05) is 31.9 Å². The minimum absolute atomic E-state index is 0.0212. The van der Waals surface area contributed by atoms with E-state index in [9.17, 15) is 9.59 Å². The second-order valence-electron chi connectivity index (χ2n) is 2.22. The van der Waals surface area contributed by atoms with Crippen molar-refractivity contribution in [2.75, 3.05) is 23.1 Å². The van der Waals surface area contributed by atoms with Crippen LogP contribution in [0.25, 0.3) is 0 Å². The molecule has 0 saturated carbocycles. The Morgan fingerprint density at radius 2 is 1.79 bits per heavy atom. The van der Waals surface area contributed by atoms with Gasteiger partial charge in [-0.3, -0.25) is 9.59 Å². The molecule has 0 aromatic carbocycles. The van der Waals surface area contributed by atoms with Crippen molar-refractivity contribution in [2.45, 2.75) is 6.10 Å². The highest BCUT2D eigenvalue weighted by molar-refractivity contribution is 9.09. The fourth-order valence-corrected chi connectivity index (χ4v) is 0.998. The lowest BCUT2D eigenvalue weighted by molar-refractivity contribution is -0.154. The number of esters is 2. The predicted octanol–water partition coefficient (Wildman–Crippen LogP) is 1.47. The van der Waals surface area contributed by atoms with Crippen LogP contribution in [0.5, 0.6) is 0 Å². The standard InChI is InChI=1S/C7H9Br2ClO4/c8-1-6(11)13-4-5(3-10)14-7(12)2-9/h5H,1-4H2/t5-/m0/s1. The van der Waals surface area contributed by atoms with Gasteiger partial charge in [-0.05, 0) is 0 Å². The number of hydrogen-bond acceptors (Lipinski definition) is 4. The van der Waals surface area contributed by atoms with E-state index >= 15 is 0 Å². The molecule has 82 valence electrons. The Bertz CT molecular complexity index is 200. The van der Waals surface area contributed by atoms with E-state index in [-0.39, 0.29) is 23.1 Å². The molecule has 0 radical (unpaired) electrons. The van der Waals surface area contributed by atoms with Crippen LogP contribution in [0.15, 0.2) is 0 Å². The Labute approximate surface area is 104 Å². The van der Waals surface area contributed by atoms with Crippen molar-refractivity contribution in [3.63, 3.8) is 0 Å². The number of carbonyl (C=O) groups excluding carboxylic acids is 2. The molecule has 0 spiro atoms. The van der Waals surface area contributed by atoms with Crippen LogP contribution in [-0.4, -0.2) is 41.2 Å². The number of alkyl halides is 3. The van der Waals surface area contributed by atoms with Gasteiger partial charge < -0.3 is 9.47 Å². The molecule has 0 aliphatic heterocycles. The molecule has 0 unspecified atom stereocenters. The van der Waals surface area contributed by atoms with E-state index in [1.165, 1.54) is 0 Å². The average Bonchev–Trinajstić information content (AvgIpc) is 2.22. The van der Waals surface area contributed by atoms with Gasteiger partial charge in [0.15, 0.2) is 0 Å². The molecule has 0 amide bonds. The molecule has 0 saturated heterocycles. The average molecular weight is 352 g/mol. The van der Waals surface area contributed by atoms with Gasteiger partial charge in [-0.2, -0.15) is 0 Å². The van der Waals surface area contributed by atoms with Crippen LogP contribution in [0.1, 0.15) is 0 Å². The molecule has 0 aliphatic carbocycles. The summed E-state index contributed by atoms with van der Waals surface area (Å²) >= 11 is 11.4. The predicted molar refractivity (Wildman–Crippen MR) is 59.1 cm³/mol. The highest BCUT2D eigenvalue weighted by Crippen LogP contribution is 2.00. The molecule has 4 nitrogen and oxygen atoms in total. The third kappa shape index (κ3) is 6.62. The van der Waals surface area contributed by atoms with Crippen LogP contribution in [-0.2, 0) is 19.1 Å². The second-order valence-corrected chi connectivity index (χ2v) is 3.65. The third-order valence-corrected chi connectivity index (χ3v) is 2.38. The maximum atomic E-state index is 10.8. The van der Waals surface area contributed by atoms with Gasteiger partial charge >= 0.3 is 11.9 Å². The summed E-state index contributed by atoms with van der Waals surface area (Å²) < 4.78 is 9.56. The first-order valence-electron chi connectivity index (χ1n) is 3.67. The summed E-state index contributed by atoms with van der Waals surface area (Å²) in [6.45, 7) is -0.0212. The maximum Gasteiger partial charge on any atom is 0.316 e. The van der Waals surface area contributed by atoms with E-state index in [1.807, 2.05) is 0 Å². The Kier molecular flexibility index (Phi) is 8.61. The number of halogens is 3. The van der Waals surface area contributed by atoms with E-state index in [0.29, 0.717) is 0 Å². The number of carbonyl (C=O) groups is 2. The fraction of sp³-hybridized carbons (Fsp3) is 0.714. The molecule has 0 aromatic heterocycles. The number of ether oxygens (including phenoxy) is 2. The molecule has 0 fully saturated rings. The Morgan fingerprint density at radius 1 is 1.21 bits per heavy atom. The van der Waals surface area contributed by atoms with E-state index in [4.69, 9.17) is 21.1 Å². The Hall–Kier alpha value is 0.190. The van der Waals surface area contributed by atoms with E-state index in [0.717, 1.165) is 0 Å². The zero-order valence-corrected chi connectivity index (χ0v) is 11.1. The highest BCUT2D eigenvalue weighted by Gasteiger charge is 2.14. The molecule has 1 atom stereocenters. The lowest BCUT2D eigenvalue weighted by atomic mass is 10.4. The second kappa shape index (κ2) is 8.49. The topological polar surface area (TPSA) is 52.6 Å². The van der Waals surface area contributed by atoms with Gasteiger partial charge in [0.1, 0.15) is 23.4 Å². The zero-order chi connectivity index (χ0) is 11.0. The maximum absolute atomic E-state index is 10.8. The van der Waals surface area contributed by atoms with Crippen LogP contribution >= 0.6 is 43.5 Å². The van der Waals surface area contributed by atoms with Crippen LogP contribution in [0, 0.1) is 0 Å². The van der Waals surface area contributed by atoms with Crippen molar-refractivity contribution in [3.05, 3.63) is 0 Å². The van der Waals surface area contributed by atoms with Gasteiger partial charge in [0, 0.05) is 0 Å². The normalized spacial score (nSPS) is 11.9. The van der Waals surface area contributed by atoms with Gasteiger partial charge in [0.25, 0.3) is 0 Å². The van der Waals surface area contributed by atoms with Crippen molar-refractivity contribution >= 4 is 55.4 Å². The van der Waals surface area contributed by atoms with Gasteiger partial charge in [0.2, 0.25) is 0 Å². The fourth-order valence-electron chi connectivity index (χ4n) is 0.552. The summed E-state index contributed by atoms with van der Waals surface area (Å²) in [5.41, 5.74) is 0. The molecule has 0 N–H and O–H groups in total. The van der Waals surface area contributed by atoms with Crippen LogP contribution < -0.4 is 0 Å².